The Balaban J connectivity index is 1.88. The van der Waals surface area contributed by atoms with E-state index in [1.54, 1.807) is 12.1 Å². The lowest BCUT2D eigenvalue weighted by Gasteiger charge is -2.24. The van der Waals surface area contributed by atoms with Gasteiger partial charge in [0.1, 0.15) is 11.8 Å². The normalized spacial score (nSPS) is 17.1. The summed E-state index contributed by atoms with van der Waals surface area (Å²) in [6, 6.07) is 7.35. The third-order valence-corrected chi connectivity index (χ3v) is 6.94. The third-order valence-electron chi connectivity index (χ3n) is 5.01. The van der Waals surface area contributed by atoms with Crippen LogP contribution in [0.3, 0.4) is 0 Å². The third kappa shape index (κ3) is 4.41. The van der Waals surface area contributed by atoms with Crippen LogP contribution in [0.15, 0.2) is 41.3 Å². The zero-order valence-corrected chi connectivity index (χ0v) is 17.4. The number of carbonyl (C=O) groups is 2. The fourth-order valence-corrected chi connectivity index (χ4v) is 5.14. The number of nitrogens with one attached hydrogen (secondary N) is 1. The van der Waals surface area contributed by atoms with Gasteiger partial charge in [-0.05, 0) is 51.0 Å². The lowest BCUT2D eigenvalue weighted by atomic mass is 10.1. The summed E-state index contributed by atoms with van der Waals surface area (Å²) in [5, 5.41) is 2.48. The highest BCUT2D eigenvalue weighted by Gasteiger charge is 2.39. The molecule has 1 atom stereocenters. The molecule has 1 amide bonds. The van der Waals surface area contributed by atoms with Gasteiger partial charge in [-0.1, -0.05) is 17.7 Å². The maximum atomic E-state index is 14.2. The molecular weight excluding hydrogens is 414 g/mol. The smallest absolute Gasteiger partial charge is 0.243 e. The lowest BCUT2D eigenvalue weighted by Crippen LogP contribution is -2.43. The SMILES string of the molecule is CC(=O)Cc1c(NC(=O)[C@H]2CCCN2S(=O)(=O)c2ccc(C)cc2)ccc(F)c1F. The minimum Gasteiger partial charge on any atom is -0.324 e. The Morgan fingerprint density at radius 2 is 1.80 bits per heavy atom. The zero-order valence-electron chi connectivity index (χ0n) is 16.6. The van der Waals surface area contributed by atoms with E-state index < -0.39 is 45.8 Å². The highest BCUT2D eigenvalue weighted by Crippen LogP contribution is 2.29. The van der Waals surface area contributed by atoms with Crippen LogP contribution in [0.5, 0.6) is 0 Å². The van der Waals surface area contributed by atoms with Crippen molar-refractivity contribution in [1.82, 2.24) is 4.31 Å². The fourth-order valence-electron chi connectivity index (χ4n) is 3.48. The summed E-state index contributed by atoms with van der Waals surface area (Å²) in [6.07, 6.45) is 0.388. The van der Waals surface area contributed by atoms with Crippen molar-refractivity contribution in [2.24, 2.45) is 0 Å². The second kappa shape index (κ2) is 8.61. The van der Waals surface area contributed by atoms with Gasteiger partial charge in [-0.25, -0.2) is 17.2 Å². The molecule has 0 saturated carbocycles. The maximum Gasteiger partial charge on any atom is 0.243 e. The van der Waals surface area contributed by atoms with Crippen LogP contribution in [-0.2, 0) is 26.0 Å². The molecule has 0 radical (unpaired) electrons. The predicted octanol–water partition coefficient (Wildman–Crippen LogP) is 3.20. The van der Waals surface area contributed by atoms with Gasteiger partial charge in [0.2, 0.25) is 15.9 Å². The number of carbonyl (C=O) groups excluding carboxylic acids is 2. The van der Waals surface area contributed by atoms with Crippen molar-refractivity contribution < 1.29 is 26.8 Å². The van der Waals surface area contributed by atoms with Gasteiger partial charge in [-0.3, -0.25) is 9.59 Å². The molecule has 0 aliphatic carbocycles. The van der Waals surface area contributed by atoms with Crippen LogP contribution in [0.1, 0.15) is 30.9 Å². The average molecular weight is 436 g/mol. The first kappa shape index (κ1) is 22.0. The van der Waals surface area contributed by atoms with Crippen LogP contribution in [0.2, 0.25) is 0 Å². The van der Waals surface area contributed by atoms with Gasteiger partial charge in [0, 0.05) is 24.2 Å². The van der Waals surface area contributed by atoms with Gasteiger partial charge in [0.15, 0.2) is 11.6 Å². The van der Waals surface area contributed by atoms with Gasteiger partial charge >= 0.3 is 0 Å². The second-order valence-corrected chi connectivity index (χ2v) is 9.23. The number of Topliss-reactive ketones (excluding diaryl/α,β-unsaturated/α-hetero) is 1. The molecular formula is C21H22F2N2O4S. The number of hydrogen-bond donors (Lipinski definition) is 1. The summed E-state index contributed by atoms with van der Waals surface area (Å²) in [7, 11) is -3.90. The van der Waals surface area contributed by atoms with E-state index in [1.165, 1.54) is 25.1 Å². The molecule has 1 fully saturated rings. The first-order chi connectivity index (χ1) is 14.1. The number of halogens is 2. The second-order valence-electron chi connectivity index (χ2n) is 7.34. The van der Waals surface area contributed by atoms with Crippen molar-refractivity contribution in [2.75, 3.05) is 11.9 Å². The molecule has 1 heterocycles. The average Bonchev–Trinajstić information content (AvgIpc) is 3.18. The van der Waals surface area contributed by atoms with Crippen molar-refractivity contribution in [3.05, 3.63) is 59.2 Å². The van der Waals surface area contributed by atoms with Crippen LogP contribution in [0, 0.1) is 18.6 Å². The molecule has 1 saturated heterocycles. The molecule has 1 N–H and O–H groups in total. The number of benzene rings is 2. The number of hydrogen-bond acceptors (Lipinski definition) is 4. The minimum absolute atomic E-state index is 0.0475. The number of rotatable bonds is 6. The Bertz CT molecular complexity index is 1080. The number of nitrogens with zero attached hydrogens (tertiary/aromatic N) is 1. The molecule has 1 aliphatic heterocycles. The Hall–Kier alpha value is -2.65. The molecule has 0 spiro atoms. The van der Waals surface area contributed by atoms with E-state index in [4.69, 9.17) is 0 Å². The molecule has 6 nitrogen and oxygen atoms in total. The minimum atomic E-state index is -3.90. The number of sulfonamides is 1. The molecule has 3 rings (SSSR count). The van der Waals surface area contributed by atoms with Crippen molar-refractivity contribution in [2.45, 2.75) is 44.0 Å². The van der Waals surface area contributed by atoms with Gasteiger partial charge in [0.25, 0.3) is 0 Å². The summed E-state index contributed by atoms with van der Waals surface area (Å²) in [6.45, 7) is 3.23. The number of ketones is 1. The molecule has 2 aromatic carbocycles. The van der Waals surface area contributed by atoms with Crippen LogP contribution < -0.4 is 5.32 Å². The van der Waals surface area contributed by atoms with Gasteiger partial charge in [-0.2, -0.15) is 4.31 Å². The lowest BCUT2D eigenvalue weighted by molar-refractivity contribution is -0.119. The zero-order chi connectivity index (χ0) is 22.1. The van der Waals surface area contributed by atoms with E-state index in [-0.39, 0.29) is 22.7 Å². The van der Waals surface area contributed by atoms with Gasteiger partial charge in [-0.15, -0.1) is 0 Å². The highest BCUT2D eigenvalue weighted by atomic mass is 32.2. The summed E-state index contributed by atoms with van der Waals surface area (Å²) in [5.74, 6) is -3.40. The topological polar surface area (TPSA) is 83.6 Å². The number of anilines is 1. The summed E-state index contributed by atoms with van der Waals surface area (Å²) in [5.41, 5.74) is 0.594. The molecule has 160 valence electrons. The van der Waals surface area contributed by atoms with E-state index in [1.807, 2.05) is 6.92 Å². The Labute approximate surface area is 173 Å². The first-order valence-electron chi connectivity index (χ1n) is 9.47. The molecule has 9 heteroatoms. The maximum absolute atomic E-state index is 14.2. The largest absolute Gasteiger partial charge is 0.324 e. The van der Waals surface area contributed by atoms with Gasteiger partial charge in [0.05, 0.1) is 4.90 Å². The molecule has 0 unspecified atom stereocenters. The van der Waals surface area contributed by atoms with Crippen LogP contribution in [0.4, 0.5) is 14.5 Å². The first-order valence-corrected chi connectivity index (χ1v) is 10.9. The summed E-state index contributed by atoms with van der Waals surface area (Å²) < 4.78 is 54.9. The molecule has 2 aromatic rings. The summed E-state index contributed by atoms with van der Waals surface area (Å²) >= 11 is 0. The predicted molar refractivity (Wildman–Crippen MR) is 107 cm³/mol. The van der Waals surface area contributed by atoms with Crippen molar-refractivity contribution in [3.63, 3.8) is 0 Å². The van der Waals surface area contributed by atoms with E-state index in [2.05, 4.69) is 5.32 Å². The summed E-state index contributed by atoms with van der Waals surface area (Å²) in [4.78, 5) is 24.4. The highest BCUT2D eigenvalue weighted by molar-refractivity contribution is 7.89. The van der Waals surface area contributed by atoms with Crippen molar-refractivity contribution in [1.29, 1.82) is 0 Å². The van der Waals surface area contributed by atoms with E-state index in [0.29, 0.717) is 12.8 Å². The molecule has 30 heavy (non-hydrogen) atoms. The fraction of sp³-hybridized carbons (Fsp3) is 0.333. The van der Waals surface area contributed by atoms with Crippen molar-refractivity contribution >= 4 is 27.4 Å². The quantitative estimate of drug-likeness (QED) is 0.754. The molecule has 0 bridgehead atoms. The van der Waals surface area contributed by atoms with Crippen molar-refractivity contribution in [3.8, 4) is 0 Å². The Morgan fingerprint density at radius 3 is 2.43 bits per heavy atom. The molecule has 1 aliphatic rings. The van der Waals surface area contributed by atoms with Gasteiger partial charge < -0.3 is 5.32 Å². The van der Waals surface area contributed by atoms with E-state index in [0.717, 1.165) is 15.9 Å². The monoisotopic (exact) mass is 436 g/mol. The Morgan fingerprint density at radius 1 is 1.13 bits per heavy atom. The number of aryl methyl sites for hydroxylation is 1. The standard InChI is InChI=1S/C21H22F2N2O4S/c1-13-5-7-15(8-6-13)30(28,29)25-11-3-4-19(25)21(27)24-18-10-9-17(22)20(23)16(18)12-14(2)26/h5-10,19H,3-4,11-12H2,1-2H3,(H,24,27)/t19-/m1/s1. The van der Waals surface area contributed by atoms with E-state index >= 15 is 0 Å². The molecule has 0 aromatic heterocycles. The van der Waals surface area contributed by atoms with Crippen LogP contribution in [0.25, 0.3) is 0 Å². The van der Waals surface area contributed by atoms with E-state index in [9.17, 15) is 26.8 Å². The van der Waals surface area contributed by atoms with Crippen LogP contribution in [-0.4, -0.2) is 37.0 Å². The number of amides is 1. The Kier molecular flexibility index (Phi) is 6.33. The van der Waals surface area contributed by atoms with Crippen LogP contribution >= 0.6 is 0 Å².